The fourth-order valence-corrected chi connectivity index (χ4v) is 4.84. The van der Waals surface area contributed by atoms with E-state index in [1.54, 1.807) is 11.0 Å². The predicted octanol–water partition coefficient (Wildman–Crippen LogP) is 1.93. The molecule has 2 aromatic rings. The average Bonchev–Trinajstić information content (AvgIpc) is 3.54. The van der Waals surface area contributed by atoms with Gasteiger partial charge >= 0.3 is 6.18 Å². The lowest BCUT2D eigenvalue weighted by Crippen LogP contribution is -2.41. The largest absolute Gasteiger partial charge is 0.416 e. The summed E-state index contributed by atoms with van der Waals surface area (Å²) in [6.45, 7) is 0.611. The number of nitrogens with two attached hydrogens (primary N) is 1. The van der Waals surface area contributed by atoms with Gasteiger partial charge in [0.2, 0.25) is 16.0 Å². The van der Waals surface area contributed by atoms with Gasteiger partial charge in [0.1, 0.15) is 11.9 Å². The number of hydrogen-bond acceptors (Lipinski definition) is 8. The van der Waals surface area contributed by atoms with Crippen LogP contribution >= 0.6 is 0 Å². The molecule has 2 N–H and O–H groups in total. The van der Waals surface area contributed by atoms with Crippen molar-refractivity contribution in [2.75, 3.05) is 43.6 Å². The third-order valence-corrected chi connectivity index (χ3v) is 7.25. The Labute approximate surface area is 183 Å². The highest BCUT2D eigenvalue weighted by molar-refractivity contribution is 7.88. The molecule has 13 heteroatoms. The third-order valence-electron chi connectivity index (χ3n) is 5.90. The number of anilines is 2. The lowest BCUT2D eigenvalue weighted by Gasteiger charge is -2.34. The summed E-state index contributed by atoms with van der Waals surface area (Å²) in [6.07, 6.45) is -0.498. The van der Waals surface area contributed by atoms with E-state index in [9.17, 15) is 21.6 Å². The molecular formula is C19H23F3N6O3S. The van der Waals surface area contributed by atoms with Gasteiger partial charge in [-0.1, -0.05) is 0 Å². The number of nitrogens with zero attached hydrogens (tertiary/aromatic N) is 5. The number of pyridine rings is 1. The lowest BCUT2D eigenvalue weighted by atomic mass is 10.0. The number of sulfonamides is 1. The first-order valence-electron chi connectivity index (χ1n) is 9.88. The van der Waals surface area contributed by atoms with Gasteiger partial charge in [-0.2, -0.15) is 17.5 Å². The molecule has 0 radical (unpaired) electrons. The molecule has 1 aliphatic carbocycles. The number of nitrogen functional groups attached to an aromatic ring is 1. The minimum absolute atomic E-state index is 0.0764. The highest BCUT2D eigenvalue weighted by Gasteiger charge is 2.53. The van der Waals surface area contributed by atoms with Crippen LogP contribution in [0.1, 0.15) is 35.8 Å². The number of halogens is 3. The maximum absolute atomic E-state index is 13.5. The van der Waals surface area contributed by atoms with E-state index in [-0.39, 0.29) is 24.5 Å². The quantitative estimate of drug-likeness (QED) is 0.702. The van der Waals surface area contributed by atoms with Crippen LogP contribution in [0.4, 0.5) is 24.9 Å². The van der Waals surface area contributed by atoms with Crippen LogP contribution < -0.4 is 10.6 Å². The number of rotatable bonds is 5. The highest BCUT2D eigenvalue weighted by Crippen LogP contribution is 2.50. The third kappa shape index (κ3) is 4.24. The molecule has 1 aliphatic heterocycles. The van der Waals surface area contributed by atoms with Crippen molar-refractivity contribution in [1.29, 1.82) is 0 Å². The minimum Gasteiger partial charge on any atom is -0.384 e. The molecule has 1 atom stereocenters. The molecule has 1 saturated heterocycles. The van der Waals surface area contributed by atoms with Crippen molar-refractivity contribution in [3.63, 3.8) is 0 Å². The molecule has 1 unspecified atom stereocenters. The van der Waals surface area contributed by atoms with Gasteiger partial charge in [-0.05, 0) is 25.0 Å². The summed E-state index contributed by atoms with van der Waals surface area (Å²) < 4.78 is 71.7. The van der Waals surface area contributed by atoms with E-state index in [1.807, 2.05) is 0 Å². The number of hydrogen-bond donors (Lipinski definition) is 1. The van der Waals surface area contributed by atoms with Crippen LogP contribution in [0.5, 0.6) is 0 Å². The second-order valence-electron chi connectivity index (χ2n) is 8.00. The molecule has 3 heterocycles. The van der Waals surface area contributed by atoms with E-state index < -0.39 is 33.4 Å². The number of alkyl halides is 3. The number of ether oxygens (including phenoxy) is 1. The Morgan fingerprint density at radius 1 is 1.31 bits per heavy atom. The van der Waals surface area contributed by atoms with Crippen molar-refractivity contribution in [2.24, 2.45) is 0 Å². The normalized spacial score (nSPS) is 21.1. The van der Waals surface area contributed by atoms with E-state index in [2.05, 4.69) is 15.0 Å². The van der Waals surface area contributed by atoms with Crippen molar-refractivity contribution in [2.45, 2.75) is 30.7 Å². The zero-order valence-electron chi connectivity index (χ0n) is 17.5. The molecular weight excluding hydrogens is 449 g/mol. The topological polar surface area (TPSA) is 115 Å². The van der Waals surface area contributed by atoms with Gasteiger partial charge in [-0.3, -0.25) is 0 Å². The molecule has 0 amide bonds. The molecule has 9 nitrogen and oxygen atoms in total. The summed E-state index contributed by atoms with van der Waals surface area (Å²) >= 11 is 0. The fraction of sp³-hybridized carbons (Fsp3) is 0.526. The lowest BCUT2D eigenvalue weighted by molar-refractivity contribution is -0.139. The van der Waals surface area contributed by atoms with Gasteiger partial charge in [0, 0.05) is 31.5 Å². The van der Waals surface area contributed by atoms with Crippen LogP contribution in [0.2, 0.25) is 0 Å². The second-order valence-corrected chi connectivity index (χ2v) is 10.0. The Hall–Kier alpha value is -2.51. The second kappa shape index (κ2) is 7.81. The molecule has 174 valence electrons. The smallest absolute Gasteiger partial charge is 0.384 e. The summed E-state index contributed by atoms with van der Waals surface area (Å²) in [5.74, 6) is 0.0791. The van der Waals surface area contributed by atoms with Gasteiger partial charge in [-0.15, -0.1) is 0 Å². The summed E-state index contributed by atoms with van der Waals surface area (Å²) in [6, 6.07) is 2.47. The van der Waals surface area contributed by atoms with Crippen LogP contribution in [-0.4, -0.2) is 60.7 Å². The fourth-order valence-electron chi connectivity index (χ4n) is 3.93. The van der Waals surface area contributed by atoms with Crippen molar-refractivity contribution >= 4 is 21.8 Å². The molecule has 2 aromatic heterocycles. The molecule has 0 spiro atoms. The molecule has 2 fully saturated rings. The molecule has 1 saturated carbocycles. The van der Waals surface area contributed by atoms with E-state index >= 15 is 0 Å². The Balaban J connectivity index is 1.62. The van der Waals surface area contributed by atoms with Gasteiger partial charge < -0.3 is 15.4 Å². The van der Waals surface area contributed by atoms with E-state index in [0.717, 1.165) is 18.5 Å². The van der Waals surface area contributed by atoms with Gasteiger partial charge in [0.05, 0.1) is 36.2 Å². The van der Waals surface area contributed by atoms with Crippen molar-refractivity contribution in [3.05, 3.63) is 41.3 Å². The van der Waals surface area contributed by atoms with Gasteiger partial charge in [0.15, 0.2) is 0 Å². The average molecular weight is 472 g/mol. The Bertz CT molecular complexity index is 1120. The van der Waals surface area contributed by atoms with Crippen molar-refractivity contribution in [3.8, 4) is 0 Å². The minimum atomic E-state index is -4.61. The highest BCUT2D eigenvalue weighted by atomic mass is 32.2. The van der Waals surface area contributed by atoms with Crippen LogP contribution in [0.25, 0.3) is 0 Å². The van der Waals surface area contributed by atoms with Crippen LogP contribution in [0.15, 0.2) is 24.5 Å². The Kier molecular flexibility index (Phi) is 5.54. The summed E-state index contributed by atoms with van der Waals surface area (Å²) in [5, 5.41) is 0. The van der Waals surface area contributed by atoms with Crippen LogP contribution in [0, 0.1) is 0 Å². The number of morpholine rings is 1. The van der Waals surface area contributed by atoms with Crippen molar-refractivity contribution in [1.82, 2.24) is 19.3 Å². The number of aromatic nitrogens is 3. The van der Waals surface area contributed by atoms with E-state index in [0.29, 0.717) is 31.0 Å². The SMILES string of the molecule is CN(C1(c2ccnc(N3CCOC(c4cnc(N)cc4C(F)(F)F)C3)n2)CC1)S(C)(=O)=O. The van der Waals surface area contributed by atoms with Crippen molar-refractivity contribution < 1.29 is 26.3 Å². The summed E-state index contributed by atoms with van der Waals surface area (Å²) in [4.78, 5) is 14.4. The first-order valence-corrected chi connectivity index (χ1v) is 11.7. The summed E-state index contributed by atoms with van der Waals surface area (Å²) in [7, 11) is -1.92. The maximum atomic E-state index is 13.5. The Morgan fingerprint density at radius 2 is 2.03 bits per heavy atom. The molecule has 0 aromatic carbocycles. The van der Waals surface area contributed by atoms with Gasteiger partial charge in [-0.25, -0.2) is 23.4 Å². The summed E-state index contributed by atoms with van der Waals surface area (Å²) in [5.41, 5.74) is 4.30. The first-order chi connectivity index (χ1) is 14.9. The standard InChI is InChI=1S/C19H23F3N6O3S/c1-27(32(2,29)30)18(4-5-18)15-3-6-24-17(26-15)28-7-8-31-14(11-28)12-10-25-16(23)9-13(12)19(20,21)22/h3,6,9-10,14H,4-5,7-8,11H2,1-2H3,(H2,23,25). The zero-order chi connectivity index (χ0) is 23.3. The monoisotopic (exact) mass is 472 g/mol. The molecule has 32 heavy (non-hydrogen) atoms. The predicted molar refractivity (Wildman–Crippen MR) is 110 cm³/mol. The van der Waals surface area contributed by atoms with E-state index in [4.69, 9.17) is 10.5 Å². The van der Waals surface area contributed by atoms with Crippen LogP contribution in [-0.2, 0) is 26.5 Å². The van der Waals surface area contributed by atoms with Crippen LogP contribution in [0.3, 0.4) is 0 Å². The molecule has 2 aliphatic rings. The van der Waals surface area contributed by atoms with E-state index in [1.165, 1.54) is 17.5 Å². The maximum Gasteiger partial charge on any atom is 0.416 e. The molecule has 0 bridgehead atoms. The van der Waals surface area contributed by atoms with Gasteiger partial charge in [0.25, 0.3) is 0 Å². The first kappa shape index (κ1) is 22.7. The Morgan fingerprint density at radius 3 is 2.66 bits per heavy atom. The molecule has 4 rings (SSSR count). The zero-order valence-corrected chi connectivity index (χ0v) is 18.3.